The highest BCUT2D eigenvalue weighted by Gasteiger charge is 2.45. The molecule has 1 aliphatic heterocycles. The standard InChI is InChI=1S/C24H30F4N6O2/c1-23(7-8-23)34(11-15-2-4-17(5-3-15)24(26,27)28)22-20(25)21(31-14-32-22)30-10-16-6-9-33(12-18(16)35)13-19(29)36/h2-5,14,16,18,35H,6-13H2,1H3,(H2,29,36)(H,30,31,32). The van der Waals surface area contributed by atoms with Crippen LogP contribution in [0.3, 0.4) is 0 Å². The molecule has 36 heavy (non-hydrogen) atoms. The lowest BCUT2D eigenvalue weighted by Gasteiger charge is -2.35. The zero-order chi connectivity index (χ0) is 26.1. The Bertz CT molecular complexity index is 1080. The number of nitrogens with zero attached hydrogens (tertiary/aromatic N) is 4. The number of aromatic nitrogens is 2. The van der Waals surface area contributed by atoms with E-state index in [1.54, 1.807) is 9.80 Å². The number of rotatable bonds is 9. The number of β-amino-alcohol motifs (C(OH)–C–C–N with tert-alkyl or cyclic N) is 1. The van der Waals surface area contributed by atoms with Crippen molar-refractivity contribution in [3.8, 4) is 0 Å². The predicted octanol–water partition coefficient (Wildman–Crippen LogP) is 2.77. The van der Waals surface area contributed by atoms with Crippen LogP contribution < -0.4 is 16.0 Å². The summed E-state index contributed by atoms with van der Waals surface area (Å²) < 4.78 is 54.3. The van der Waals surface area contributed by atoms with Gasteiger partial charge < -0.3 is 21.1 Å². The van der Waals surface area contributed by atoms with Crippen LogP contribution in [0.5, 0.6) is 0 Å². The number of benzene rings is 1. The molecule has 8 nitrogen and oxygen atoms in total. The van der Waals surface area contributed by atoms with Crippen molar-refractivity contribution in [1.82, 2.24) is 14.9 Å². The smallest absolute Gasteiger partial charge is 0.391 e. The van der Waals surface area contributed by atoms with E-state index in [9.17, 15) is 23.1 Å². The molecule has 4 rings (SSSR count). The summed E-state index contributed by atoms with van der Waals surface area (Å²) in [6.07, 6.45) is -1.69. The predicted molar refractivity (Wildman–Crippen MR) is 125 cm³/mol. The van der Waals surface area contributed by atoms with Crippen molar-refractivity contribution in [2.45, 2.75) is 50.6 Å². The number of nitrogens with one attached hydrogen (secondary N) is 1. The number of hydrogen-bond acceptors (Lipinski definition) is 7. The third-order valence-electron chi connectivity index (χ3n) is 6.99. The topological polar surface area (TPSA) is 108 Å². The van der Waals surface area contributed by atoms with Gasteiger partial charge >= 0.3 is 6.18 Å². The van der Waals surface area contributed by atoms with E-state index < -0.39 is 29.6 Å². The second-order valence-electron chi connectivity index (χ2n) is 9.84. The van der Waals surface area contributed by atoms with Gasteiger partial charge in [0, 0.05) is 31.1 Å². The molecule has 2 fully saturated rings. The van der Waals surface area contributed by atoms with Gasteiger partial charge in [0.25, 0.3) is 0 Å². The zero-order valence-corrected chi connectivity index (χ0v) is 19.9. The highest BCUT2D eigenvalue weighted by atomic mass is 19.4. The largest absolute Gasteiger partial charge is 0.416 e. The lowest BCUT2D eigenvalue weighted by atomic mass is 9.93. The molecule has 1 aromatic heterocycles. The van der Waals surface area contributed by atoms with Gasteiger partial charge in [-0.25, -0.2) is 9.97 Å². The van der Waals surface area contributed by atoms with Crippen LogP contribution in [-0.4, -0.2) is 63.7 Å². The van der Waals surface area contributed by atoms with Crippen LogP contribution in [-0.2, 0) is 17.5 Å². The van der Waals surface area contributed by atoms with Crippen LogP contribution in [0.1, 0.15) is 37.3 Å². The van der Waals surface area contributed by atoms with E-state index in [2.05, 4.69) is 15.3 Å². The molecule has 1 aliphatic carbocycles. The van der Waals surface area contributed by atoms with Crippen molar-refractivity contribution in [3.63, 3.8) is 0 Å². The summed E-state index contributed by atoms with van der Waals surface area (Å²) in [6.45, 7) is 3.39. The van der Waals surface area contributed by atoms with Crippen LogP contribution in [0.25, 0.3) is 0 Å². The summed E-state index contributed by atoms with van der Waals surface area (Å²) in [5.74, 6) is -1.22. The molecular weight excluding hydrogens is 480 g/mol. The first-order valence-corrected chi connectivity index (χ1v) is 11.8. The fraction of sp³-hybridized carbons (Fsp3) is 0.542. The first-order chi connectivity index (χ1) is 17.0. The van der Waals surface area contributed by atoms with Gasteiger partial charge in [-0.3, -0.25) is 9.69 Å². The minimum absolute atomic E-state index is 0.00608. The number of likely N-dealkylation sites (tertiary alicyclic amines) is 1. The van der Waals surface area contributed by atoms with Crippen molar-refractivity contribution in [2.75, 3.05) is 36.4 Å². The maximum Gasteiger partial charge on any atom is 0.416 e. The fourth-order valence-corrected chi connectivity index (χ4v) is 4.50. The number of amides is 1. The van der Waals surface area contributed by atoms with Gasteiger partial charge in [-0.15, -0.1) is 0 Å². The van der Waals surface area contributed by atoms with Gasteiger partial charge in [-0.05, 0) is 50.4 Å². The van der Waals surface area contributed by atoms with E-state index in [0.717, 1.165) is 25.0 Å². The number of piperidine rings is 1. The van der Waals surface area contributed by atoms with Crippen LogP contribution in [0, 0.1) is 11.7 Å². The fourth-order valence-electron chi connectivity index (χ4n) is 4.50. The summed E-state index contributed by atoms with van der Waals surface area (Å²) in [7, 11) is 0. The number of aliphatic hydroxyl groups excluding tert-OH is 1. The molecule has 196 valence electrons. The molecule has 4 N–H and O–H groups in total. The highest BCUT2D eigenvalue weighted by Crippen LogP contribution is 2.45. The Balaban J connectivity index is 1.46. The summed E-state index contributed by atoms with van der Waals surface area (Å²) in [6, 6.07) is 4.83. The Kier molecular flexibility index (Phi) is 7.37. The Morgan fingerprint density at radius 3 is 2.56 bits per heavy atom. The van der Waals surface area contributed by atoms with Crippen LogP contribution in [0.2, 0.25) is 0 Å². The average Bonchev–Trinajstić information content (AvgIpc) is 3.55. The van der Waals surface area contributed by atoms with Gasteiger partial charge in [-0.1, -0.05) is 12.1 Å². The second kappa shape index (κ2) is 10.2. The SMILES string of the molecule is CC1(N(Cc2ccc(C(F)(F)F)cc2)c2ncnc(NCC3CCN(CC(N)=O)CC3O)c2F)CC1. The van der Waals surface area contributed by atoms with Crippen molar-refractivity contribution in [1.29, 1.82) is 0 Å². The molecule has 2 aliphatic rings. The monoisotopic (exact) mass is 510 g/mol. The number of nitrogens with two attached hydrogens (primary N) is 1. The molecule has 0 radical (unpaired) electrons. The summed E-state index contributed by atoms with van der Waals surface area (Å²) in [5, 5.41) is 13.4. The van der Waals surface area contributed by atoms with E-state index >= 15 is 4.39 Å². The van der Waals surface area contributed by atoms with Crippen molar-refractivity contribution in [2.24, 2.45) is 11.7 Å². The molecular formula is C24H30F4N6O2. The Hall–Kier alpha value is -2.99. The van der Waals surface area contributed by atoms with Crippen LogP contribution in [0.4, 0.5) is 29.2 Å². The van der Waals surface area contributed by atoms with Gasteiger partial charge in [-0.2, -0.15) is 17.6 Å². The minimum Gasteiger partial charge on any atom is -0.391 e. The lowest BCUT2D eigenvalue weighted by Crippen LogP contribution is -2.48. The first-order valence-electron chi connectivity index (χ1n) is 11.8. The van der Waals surface area contributed by atoms with Crippen molar-refractivity contribution < 1.29 is 27.5 Å². The Labute approximate surface area is 206 Å². The highest BCUT2D eigenvalue weighted by molar-refractivity contribution is 5.75. The molecule has 1 saturated heterocycles. The van der Waals surface area contributed by atoms with Crippen LogP contribution >= 0.6 is 0 Å². The van der Waals surface area contributed by atoms with Gasteiger partial charge in [0.15, 0.2) is 11.6 Å². The second-order valence-corrected chi connectivity index (χ2v) is 9.84. The van der Waals surface area contributed by atoms with Crippen molar-refractivity contribution in [3.05, 3.63) is 47.5 Å². The van der Waals surface area contributed by atoms with Gasteiger partial charge in [0.2, 0.25) is 11.7 Å². The average molecular weight is 511 g/mol. The molecule has 0 spiro atoms. The Morgan fingerprint density at radius 2 is 1.97 bits per heavy atom. The van der Waals surface area contributed by atoms with E-state index in [1.165, 1.54) is 18.5 Å². The molecule has 0 bridgehead atoms. The molecule has 2 aromatic rings. The number of alkyl halides is 3. The van der Waals surface area contributed by atoms with E-state index in [0.29, 0.717) is 25.1 Å². The Morgan fingerprint density at radius 1 is 1.28 bits per heavy atom. The maximum absolute atomic E-state index is 15.6. The summed E-state index contributed by atoms with van der Waals surface area (Å²) >= 11 is 0. The summed E-state index contributed by atoms with van der Waals surface area (Å²) in [5.41, 5.74) is 4.73. The number of carbonyl (C=O) groups is 1. The van der Waals surface area contributed by atoms with Gasteiger partial charge in [0.1, 0.15) is 6.33 Å². The quantitative estimate of drug-likeness (QED) is 0.446. The van der Waals surface area contributed by atoms with Gasteiger partial charge in [0.05, 0.1) is 18.2 Å². The van der Waals surface area contributed by atoms with E-state index in [4.69, 9.17) is 5.73 Å². The molecule has 1 saturated carbocycles. The van der Waals surface area contributed by atoms with Crippen molar-refractivity contribution >= 4 is 17.5 Å². The third-order valence-corrected chi connectivity index (χ3v) is 6.99. The lowest BCUT2D eigenvalue weighted by molar-refractivity contribution is -0.137. The molecule has 2 heterocycles. The molecule has 2 atom stereocenters. The normalized spacial score (nSPS) is 21.7. The molecule has 2 unspecified atom stereocenters. The number of primary amides is 1. The maximum atomic E-state index is 15.6. The number of halogens is 4. The first kappa shape index (κ1) is 26.1. The number of carbonyl (C=O) groups excluding carboxylic acids is 1. The van der Waals surface area contributed by atoms with Crippen LogP contribution in [0.15, 0.2) is 30.6 Å². The minimum atomic E-state index is -4.42. The molecule has 12 heteroatoms. The number of aliphatic hydroxyl groups is 1. The summed E-state index contributed by atoms with van der Waals surface area (Å²) in [4.78, 5) is 22.9. The zero-order valence-electron chi connectivity index (χ0n) is 19.9. The van der Waals surface area contributed by atoms with E-state index in [-0.39, 0.29) is 42.7 Å². The number of anilines is 2. The molecule has 1 amide bonds. The third kappa shape index (κ3) is 6.04. The van der Waals surface area contributed by atoms with E-state index in [1.807, 2.05) is 6.92 Å². The molecule has 1 aromatic carbocycles. The number of hydrogen-bond donors (Lipinski definition) is 3.